The zero-order valence-electron chi connectivity index (χ0n) is 9.69. The predicted octanol–water partition coefficient (Wildman–Crippen LogP) is 0.638. The Hall–Kier alpha value is -3.03. The van der Waals surface area contributed by atoms with Crippen molar-refractivity contribution in [3.8, 4) is 5.82 Å². The third-order valence-electron chi connectivity index (χ3n) is 2.42. The number of aromatic nitrogens is 6. The van der Waals surface area contributed by atoms with Crippen molar-refractivity contribution < 1.29 is 4.79 Å². The lowest BCUT2D eigenvalue weighted by Gasteiger charge is -2.04. The second-order valence-corrected chi connectivity index (χ2v) is 3.68. The van der Waals surface area contributed by atoms with E-state index in [1.165, 1.54) is 6.20 Å². The quantitative estimate of drug-likeness (QED) is 0.715. The molecular weight excluding hydrogens is 246 g/mol. The molecule has 19 heavy (non-hydrogen) atoms. The Morgan fingerprint density at radius 2 is 2.26 bits per heavy atom. The van der Waals surface area contributed by atoms with Gasteiger partial charge in [-0.15, -0.1) is 0 Å². The fraction of sp³-hybridized carbons (Fsp3) is 0. The van der Waals surface area contributed by atoms with Crippen molar-refractivity contribution in [2.24, 2.45) is 0 Å². The van der Waals surface area contributed by atoms with E-state index in [2.05, 4.69) is 30.7 Å². The SMILES string of the molecule is O=C(Nc1ccc(-n2ccnc2)nc1)c1cn[nH]n1. The molecule has 8 heteroatoms. The minimum absolute atomic E-state index is 0.221. The van der Waals surface area contributed by atoms with Crippen LogP contribution in [0.25, 0.3) is 5.82 Å². The Kier molecular flexibility index (Phi) is 2.73. The first-order chi connectivity index (χ1) is 9.33. The number of H-pyrrole nitrogens is 1. The van der Waals surface area contributed by atoms with E-state index in [1.807, 2.05) is 0 Å². The second kappa shape index (κ2) is 4.69. The molecule has 0 radical (unpaired) electrons. The molecule has 3 rings (SSSR count). The number of nitrogens with one attached hydrogen (secondary N) is 2. The highest BCUT2D eigenvalue weighted by atomic mass is 16.2. The summed E-state index contributed by atoms with van der Waals surface area (Å²) in [5.41, 5.74) is 0.801. The van der Waals surface area contributed by atoms with Gasteiger partial charge in [0.15, 0.2) is 5.69 Å². The molecule has 0 aromatic carbocycles. The number of carbonyl (C=O) groups is 1. The predicted molar refractivity (Wildman–Crippen MR) is 65.7 cm³/mol. The van der Waals surface area contributed by atoms with Gasteiger partial charge in [-0.05, 0) is 12.1 Å². The summed E-state index contributed by atoms with van der Waals surface area (Å²) in [6.45, 7) is 0. The van der Waals surface area contributed by atoms with Gasteiger partial charge in [-0.25, -0.2) is 9.97 Å². The first-order valence-electron chi connectivity index (χ1n) is 5.44. The van der Waals surface area contributed by atoms with Crippen molar-refractivity contribution in [3.63, 3.8) is 0 Å². The molecule has 0 saturated carbocycles. The fourth-order valence-corrected chi connectivity index (χ4v) is 1.51. The number of pyridine rings is 1. The van der Waals surface area contributed by atoms with Crippen LogP contribution in [0.4, 0.5) is 5.69 Å². The van der Waals surface area contributed by atoms with Crippen molar-refractivity contribution in [1.82, 2.24) is 29.9 Å². The highest BCUT2D eigenvalue weighted by molar-refractivity contribution is 6.02. The molecule has 0 aliphatic rings. The molecule has 2 N–H and O–H groups in total. The van der Waals surface area contributed by atoms with E-state index in [0.717, 1.165) is 5.82 Å². The Morgan fingerprint density at radius 1 is 1.32 bits per heavy atom. The van der Waals surface area contributed by atoms with Crippen LogP contribution in [0.1, 0.15) is 10.5 Å². The van der Waals surface area contributed by atoms with Crippen molar-refractivity contribution in [1.29, 1.82) is 0 Å². The summed E-state index contributed by atoms with van der Waals surface area (Å²) in [7, 11) is 0. The maximum absolute atomic E-state index is 11.7. The third kappa shape index (κ3) is 2.32. The van der Waals surface area contributed by atoms with E-state index in [1.54, 1.807) is 41.6 Å². The molecule has 94 valence electrons. The van der Waals surface area contributed by atoms with Gasteiger partial charge in [0.2, 0.25) is 0 Å². The van der Waals surface area contributed by atoms with E-state index in [9.17, 15) is 4.79 Å². The number of rotatable bonds is 3. The second-order valence-electron chi connectivity index (χ2n) is 3.68. The van der Waals surface area contributed by atoms with Crippen LogP contribution >= 0.6 is 0 Å². The topological polar surface area (TPSA) is 101 Å². The zero-order valence-corrected chi connectivity index (χ0v) is 9.69. The highest BCUT2D eigenvalue weighted by Gasteiger charge is 2.08. The maximum Gasteiger partial charge on any atom is 0.277 e. The number of carbonyl (C=O) groups excluding carboxylic acids is 1. The molecule has 0 aliphatic heterocycles. The fourth-order valence-electron chi connectivity index (χ4n) is 1.51. The monoisotopic (exact) mass is 255 g/mol. The Labute approximate surface area is 107 Å². The Bertz CT molecular complexity index is 658. The smallest absolute Gasteiger partial charge is 0.277 e. The zero-order chi connectivity index (χ0) is 13.1. The number of hydrogen-bond donors (Lipinski definition) is 2. The third-order valence-corrected chi connectivity index (χ3v) is 2.42. The summed E-state index contributed by atoms with van der Waals surface area (Å²) in [5.74, 6) is 0.378. The van der Waals surface area contributed by atoms with E-state index >= 15 is 0 Å². The van der Waals surface area contributed by atoms with Gasteiger partial charge in [0, 0.05) is 12.4 Å². The standard InChI is InChI=1S/C11H9N7O/c19-11(9-6-14-17-16-9)15-8-1-2-10(13-5-8)18-4-3-12-7-18/h1-7H,(H,15,19)(H,14,16,17). The summed E-state index contributed by atoms with van der Waals surface area (Å²) in [6, 6.07) is 3.53. The van der Waals surface area contributed by atoms with Gasteiger partial charge in [0.05, 0.1) is 18.1 Å². The van der Waals surface area contributed by atoms with Gasteiger partial charge < -0.3 is 5.32 Å². The van der Waals surface area contributed by atoms with Crippen LogP contribution in [0.3, 0.4) is 0 Å². The maximum atomic E-state index is 11.7. The van der Waals surface area contributed by atoms with Crippen molar-refractivity contribution in [2.75, 3.05) is 5.32 Å². The Morgan fingerprint density at radius 3 is 2.89 bits per heavy atom. The lowest BCUT2D eigenvalue weighted by molar-refractivity contribution is 0.102. The summed E-state index contributed by atoms with van der Waals surface area (Å²) < 4.78 is 1.77. The molecule has 0 atom stereocenters. The molecule has 0 aliphatic carbocycles. The van der Waals surface area contributed by atoms with E-state index in [-0.39, 0.29) is 11.6 Å². The summed E-state index contributed by atoms with van der Waals surface area (Å²) in [5, 5.41) is 12.3. The van der Waals surface area contributed by atoms with Gasteiger partial charge in [0.25, 0.3) is 5.91 Å². The van der Waals surface area contributed by atoms with Gasteiger partial charge in [-0.1, -0.05) is 0 Å². The summed E-state index contributed by atoms with van der Waals surface area (Å²) in [4.78, 5) is 19.9. The normalized spacial score (nSPS) is 10.3. The molecule has 3 aromatic rings. The van der Waals surface area contributed by atoms with E-state index in [4.69, 9.17) is 0 Å². The molecular formula is C11H9N7O. The molecule has 0 saturated heterocycles. The van der Waals surface area contributed by atoms with E-state index < -0.39 is 0 Å². The molecule has 0 spiro atoms. The minimum atomic E-state index is -0.342. The first-order valence-corrected chi connectivity index (χ1v) is 5.44. The largest absolute Gasteiger partial charge is 0.319 e. The average Bonchev–Trinajstić information content (AvgIpc) is 3.13. The van der Waals surface area contributed by atoms with Gasteiger partial charge in [-0.2, -0.15) is 15.4 Å². The minimum Gasteiger partial charge on any atom is -0.319 e. The van der Waals surface area contributed by atoms with Crippen LogP contribution in [-0.2, 0) is 0 Å². The number of anilines is 1. The molecule has 3 aromatic heterocycles. The van der Waals surface area contributed by atoms with Crippen LogP contribution in [0.15, 0.2) is 43.2 Å². The lowest BCUT2D eigenvalue weighted by Crippen LogP contribution is -2.12. The molecule has 0 fully saturated rings. The summed E-state index contributed by atoms with van der Waals surface area (Å²) >= 11 is 0. The lowest BCUT2D eigenvalue weighted by atomic mass is 10.3. The van der Waals surface area contributed by atoms with Crippen molar-refractivity contribution in [3.05, 3.63) is 48.9 Å². The van der Waals surface area contributed by atoms with Crippen LogP contribution in [0.5, 0.6) is 0 Å². The van der Waals surface area contributed by atoms with Gasteiger partial charge >= 0.3 is 0 Å². The molecule has 1 amide bonds. The van der Waals surface area contributed by atoms with Crippen LogP contribution in [0, 0.1) is 0 Å². The highest BCUT2D eigenvalue weighted by Crippen LogP contribution is 2.10. The number of imidazole rings is 1. The van der Waals surface area contributed by atoms with Crippen molar-refractivity contribution in [2.45, 2.75) is 0 Å². The van der Waals surface area contributed by atoms with Gasteiger partial charge in [0.1, 0.15) is 12.1 Å². The number of aromatic amines is 1. The van der Waals surface area contributed by atoms with Crippen LogP contribution < -0.4 is 5.32 Å². The number of nitrogens with zero attached hydrogens (tertiary/aromatic N) is 5. The van der Waals surface area contributed by atoms with Gasteiger partial charge in [-0.3, -0.25) is 9.36 Å². The average molecular weight is 255 g/mol. The summed E-state index contributed by atoms with van der Waals surface area (Å²) in [6.07, 6.45) is 8.02. The first kappa shape index (κ1) is 11.1. The van der Waals surface area contributed by atoms with Crippen molar-refractivity contribution >= 4 is 11.6 Å². The molecule has 0 bridgehead atoms. The number of hydrogen-bond acceptors (Lipinski definition) is 5. The molecule has 8 nitrogen and oxygen atoms in total. The molecule has 3 heterocycles. The number of amides is 1. The van der Waals surface area contributed by atoms with Crippen LogP contribution in [0.2, 0.25) is 0 Å². The van der Waals surface area contributed by atoms with Crippen LogP contribution in [-0.4, -0.2) is 35.9 Å². The van der Waals surface area contributed by atoms with E-state index in [0.29, 0.717) is 5.69 Å². The molecule has 0 unspecified atom stereocenters. The Balaban J connectivity index is 1.75.